The van der Waals surface area contributed by atoms with E-state index in [1.807, 2.05) is 42.5 Å². The minimum absolute atomic E-state index is 0.250. The van der Waals surface area contributed by atoms with Crippen molar-refractivity contribution in [2.45, 2.75) is 12.5 Å². The summed E-state index contributed by atoms with van der Waals surface area (Å²) in [4.78, 5) is 11.1. The quantitative estimate of drug-likeness (QED) is 0.749. The first-order valence-electron chi connectivity index (χ1n) is 7.24. The predicted octanol–water partition coefficient (Wildman–Crippen LogP) is 4.39. The van der Waals surface area contributed by atoms with Crippen LogP contribution in [0.3, 0.4) is 0 Å². The second kappa shape index (κ2) is 6.31. The van der Waals surface area contributed by atoms with E-state index in [0.29, 0.717) is 6.42 Å². The molecule has 0 radical (unpaired) electrons. The first-order valence-corrected chi connectivity index (χ1v) is 7.24. The molecule has 3 heteroatoms. The highest BCUT2D eigenvalue weighted by Gasteiger charge is 2.14. The van der Waals surface area contributed by atoms with Crippen LogP contribution in [0.1, 0.15) is 17.2 Å². The monoisotopic (exact) mass is 291 g/mol. The maximum Gasteiger partial charge on any atom is 0.405 e. The van der Waals surface area contributed by atoms with Crippen molar-refractivity contribution in [3.05, 3.63) is 83.9 Å². The summed E-state index contributed by atoms with van der Waals surface area (Å²) < 4.78 is 0. The van der Waals surface area contributed by atoms with Crippen molar-refractivity contribution in [3.8, 4) is 0 Å². The summed E-state index contributed by atoms with van der Waals surface area (Å²) in [6.07, 6.45) is -0.379. The van der Waals surface area contributed by atoms with Crippen LogP contribution >= 0.6 is 0 Å². The molecule has 22 heavy (non-hydrogen) atoms. The molecule has 0 spiro atoms. The summed E-state index contributed by atoms with van der Waals surface area (Å²) >= 11 is 0. The van der Waals surface area contributed by atoms with Gasteiger partial charge >= 0.3 is 6.09 Å². The predicted molar refractivity (Wildman–Crippen MR) is 88.0 cm³/mol. The van der Waals surface area contributed by atoms with Gasteiger partial charge in [-0.25, -0.2) is 4.79 Å². The minimum Gasteiger partial charge on any atom is -0.465 e. The number of carbonyl (C=O) groups is 1. The van der Waals surface area contributed by atoms with Crippen LogP contribution < -0.4 is 5.32 Å². The fourth-order valence-electron chi connectivity index (χ4n) is 2.69. The van der Waals surface area contributed by atoms with E-state index in [2.05, 4.69) is 35.6 Å². The average Bonchev–Trinajstić information content (AvgIpc) is 2.54. The molecule has 0 aliphatic rings. The molecule has 0 aromatic heterocycles. The van der Waals surface area contributed by atoms with Crippen molar-refractivity contribution in [3.63, 3.8) is 0 Å². The van der Waals surface area contributed by atoms with Gasteiger partial charge in [0.05, 0.1) is 6.04 Å². The van der Waals surface area contributed by atoms with Gasteiger partial charge in [0.2, 0.25) is 0 Å². The Kier molecular flexibility index (Phi) is 4.05. The maximum absolute atomic E-state index is 11.1. The Hall–Kier alpha value is -2.81. The van der Waals surface area contributed by atoms with E-state index in [1.54, 1.807) is 0 Å². The number of hydrogen-bond donors (Lipinski definition) is 2. The Morgan fingerprint density at radius 1 is 0.909 bits per heavy atom. The Labute approximate surface area is 129 Å². The summed E-state index contributed by atoms with van der Waals surface area (Å²) in [6, 6.07) is 23.8. The second-order valence-electron chi connectivity index (χ2n) is 5.30. The molecule has 110 valence electrons. The van der Waals surface area contributed by atoms with Crippen LogP contribution in [0.15, 0.2) is 72.8 Å². The Morgan fingerprint density at radius 3 is 2.32 bits per heavy atom. The molecule has 0 saturated carbocycles. The number of hydrogen-bond acceptors (Lipinski definition) is 1. The lowest BCUT2D eigenvalue weighted by molar-refractivity contribution is 0.190. The Morgan fingerprint density at radius 2 is 1.59 bits per heavy atom. The SMILES string of the molecule is O=C(O)NC(Cc1ccc2ccccc2c1)c1ccccc1. The first-order chi connectivity index (χ1) is 10.7. The third-order valence-electron chi connectivity index (χ3n) is 3.75. The molecule has 0 heterocycles. The van der Waals surface area contributed by atoms with Gasteiger partial charge in [0.1, 0.15) is 0 Å². The molecule has 3 aromatic carbocycles. The largest absolute Gasteiger partial charge is 0.465 e. The van der Waals surface area contributed by atoms with Crippen LogP contribution in [0.5, 0.6) is 0 Å². The number of fused-ring (bicyclic) bond motifs is 1. The standard InChI is InChI=1S/C19H17NO2/c21-19(22)20-18(16-7-2-1-3-8-16)13-14-10-11-15-6-4-5-9-17(15)12-14/h1-12,18,20H,13H2,(H,21,22). The van der Waals surface area contributed by atoms with Gasteiger partial charge in [-0.2, -0.15) is 0 Å². The van der Waals surface area contributed by atoms with Crippen LogP contribution in [-0.4, -0.2) is 11.2 Å². The van der Waals surface area contributed by atoms with Gasteiger partial charge in [0, 0.05) is 0 Å². The number of carboxylic acid groups (broad SMARTS) is 1. The van der Waals surface area contributed by atoms with Crippen molar-refractivity contribution in [1.29, 1.82) is 0 Å². The number of amides is 1. The lowest BCUT2D eigenvalue weighted by Crippen LogP contribution is -2.28. The van der Waals surface area contributed by atoms with Crippen LogP contribution in [-0.2, 0) is 6.42 Å². The summed E-state index contributed by atoms with van der Waals surface area (Å²) in [7, 11) is 0. The fraction of sp³-hybridized carbons (Fsp3) is 0.105. The molecule has 1 atom stereocenters. The second-order valence-corrected chi connectivity index (χ2v) is 5.30. The van der Waals surface area contributed by atoms with Gasteiger partial charge in [0.25, 0.3) is 0 Å². The van der Waals surface area contributed by atoms with Gasteiger partial charge in [0.15, 0.2) is 0 Å². The molecule has 2 N–H and O–H groups in total. The molecule has 0 saturated heterocycles. The number of rotatable bonds is 4. The third-order valence-corrected chi connectivity index (χ3v) is 3.75. The van der Waals surface area contributed by atoms with E-state index in [9.17, 15) is 4.79 Å². The van der Waals surface area contributed by atoms with E-state index in [-0.39, 0.29) is 6.04 Å². The van der Waals surface area contributed by atoms with E-state index in [1.165, 1.54) is 10.8 Å². The normalized spacial score (nSPS) is 12.0. The Bertz CT molecular complexity index is 784. The lowest BCUT2D eigenvalue weighted by atomic mass is 9.97. The molecule has 0 aliphatic heterocycles. The maximum atomic E-state index is 11.1. The topological polar surface area (TPSA) is 49.3 Å². The highest BCUT2D eigenvalue weighted by Crippen LogP contribution is 2.22. The third kappa shape index (κ3) is 3.26. The highest BCUT2D eigenvalue weighted by atomic mass is 16.4. The van der Waals surface area contributed by atoms with Crippen molar-refractivity contribution >= 4 is 16.9 Å². The van der Waals surface area contributed by atoms with E-state index >= 15 is 0 Å². The van der Waals surface area contributed by atoms with E-state index < -0.39 is 6.09 Å². The molecular weight excluding hydrogens is 274 g/mol. The molecule has 3 rings (SSSR count). The molecule has 0 bridgehead atoms. The van der Waals surface area contributed by atoms with Crippen molar-refractivity contribution in [1.82, 2.24) is 5.32 Å². The summed E-state index contributed by atoms with van der Waals surface area (Å²) in [5.41, 5.74) is 2.08. The zero-order valence-electron chi connectivity index (χ0n) is 12.1. The van der Waals surface area contributed by atoms with Crippen LogP contribution in [0.4, 0.5) is 4.79 Å². The molecule has 0 aliphatic carbocycles. The minimum atomic E-state index is -1.00. The summed E-state index contributed by atoms with van der Waals surface area (Å²) in [5, 5.41) is 14.1. The van der Waals surface area contributed by atoms with Gasteiger partial charge in [-0.15, -0.1) is 0 Å². The van der Waals surface area contributed by atoms with Crippen LogP contribution in [0.25, 0.3) is 10.8 Å². The zero-order valence-corrected chi connectivity index (χ0v) is 12.1. The molecular formula is C19H17NO2. The van der Waals surface area contributed by atoms with Gasteiger partial charge in [-0.1, -0.05) is 72.8 Å². The highest BCUT2D eigenvalue weighted by molar-refractivity contribution is 5.83. The average molecular weight is 291 g/mol. The number of benzene rings is 3. The zero-order chi connectivity index (χ0) is 15.4. The molecule has 3 nitrogen and oxygen atoms in total. The molecule has 1 amide bonds. The van der Waals surface area contributed by atoms with Gasteiger partial charge < -0.3 is 10.4 Å². The van der Waals surface area contributed by atoms with Gasteiger partial charge in [-0.3, -0.25) is 0 Å². The number of nitrogens with one attached hydrogen (secondary N) is 1. The summed E-state index contributed by atoms with van der Waals surface area (Å²) in [5.74, 6) is 0. The molecule has 0 fully saturated rings. The van der Waals surface area contributed by atoms with Crippen molar-refractivity contribution in [2.24, 2.45) is 0 Å². The van der Waals surface area contributed by atoms with Crippen molar-refractivity contribution in [2.75, 3.05) is 0 Å². The Balaban J connectivity index is 1.89. The van der Waals surface area contributed by atoms with Gasteiger partial charge in [-0.05, 0) is 28.3 Å². The van der Waals surface area contributed by atoms with Crippen LogP contribution in [0.2, 0.25) is 0 Å². The molecule has 3 aromatic rings. The fourth-order valence-corrected chi connectivity index (χ4v) is 2.69. The first kappa shape index (κ1) is 14.1. The summed E-state index contributed by atoms with van der Waals surface area (Å²) in [6.45, 7) is 0. The van der Waals surface area contributed by atoms with Crippen molar-refractivity contribution < 1.29 is 9.90 Å². The van der Waals surface area contributed by atoms with Crippen LogP contribution in [0, 0.1) is 0 Å². The smallest absolute Gasteiger partial charge is 0.405 e. The van der Waals surface area contributed by atoms with E-state index in [0.717, 1.165) is 11.1 Å². The van der Waals surface area contributed by atoms with E-state index in [4.69, 9.17) is 5.11 Å². The lowest BCUT2D eigenvalue weighted by Gasteiger charge is -2.18. The molecule has 1 unspecified atom stereocenters.